The number of nitrogens with zero attached hydrogens (tertiary/aromatic N) is 3. The summed E-state index contributed by atoms with van der Waals surface area (Å²) in [7, 11) is 0. The number of hydrogen-bond acceptors (Lipinski definition) is 7. The van der Waals surface area contributed by atoms with Gasteiger partial charge in [0.2, 0.25) is 0 Å². The topological polar surface area (TPSA) is 111 Å². The van der Waals surface area contributed by atoms with Crippen molar-refractivity contribution in [3.63, 3.8) is 0 Å². The Labute approximate surface area is 179 Å². The number of nitrogens with one attached hydrogen (secondary N) is 2. The summed E-state index contributed by atoms with van der Waals surface area (Å²) in [6.45, 7) is 2.41. The lowest BCUT2D eigenvalue weighted by molar-refractivity contribution is 0.0856. The van der Waals surface area contributed by atoms with Crippen LogP contribution < -0.4 is 19.5 Å². The van der Waals surface area contributed by atoms with Gasteiger partial charge in [-0.2, -0.15) is 0 Å². The summed E-state index contributed by atoms with van der Waals surface area (Å²) in [5.74, 6) is 1.82. The maximum absolute atomic E-state index is 12.8. The van der Waals surface area contributed by atoms with E-state index in [0.29, 0.717) is 34.3 Å². The van der Waals surface area contributed by atoms with Gasteiger partial charge in [0.05, 0.1) is 11.9 Å². The molecule has 3 aromatic rings. The number of ether oxygens (including phenoxy) is 3. The van der Waals surface area contributed by atoms with Crippen LogP contribution in [-0.2, 0) is 0 Å². The van der Waals surface area contributed by atoms with Gasteiger partial charge in [-0.15, -0.1) is 5.10 Å². The van der Waals surface area contributed by atoms with Crippen LogP contribution in [0, 0.1) is 0 Å². The van der Waals surface area contributed by atoms with Crippen molar-refractivity contribution in [1.82, 2.24) is 20.6 Å². The molecule has 1 amide bonds. The first-order valence-electron chi connectivity index (χ1n) is 10.1. The van der Waals surface area contributed by atoms with Gasteiger partial charge in [0.25, 0.3) is 5.91 Å². The number of para-hydroxylation sites is 1. The number of H-pyrrole nitrogens is 1. The molecule has 0 bridgehead atoms. The quantitative estimate of drug-likeness (QED) is 0.417. The van der Waals surface area contributed by atoms with Crippen molar-refractivity contribution >= 4 is 11.6 Å². The van der Waals surface area contributed by atoms with Gasteiger partial charge in [-0.1, -0.05) is 19.4 Å². The summed E-state index contributed by atoms with van der Waals surface area (Å²) in [4.78, 5) is 12.8. The van der Waals surface area contributed by atoms with Crippen LogP contribution >= 0.6 is 0 Å². The van der Waals surface area contributed by atoms with E-state index in [1.807, 2.05) is 6.08 Å². The lowest BCUT2D eigenvalue weighted by Crippen LogP contribution is -2.24. The molecule has 0 fully saturated rings. The monoisotopic (exact) mass is 421 g/mol. The van der Waals surface area contributed by atoms with Crippen molar-refractivity contribution in [2.45, 2.75) is 32.3 Å². The minimum absolute atomic E-state index is 0.260. The van der Waals surface area contributed by atoms with Crippen molar-refractivity contribution in [3.8, 4) is 17.2 Å². The number of allylic oxidation sites excluding steroid dienone is 1. The maximum Gasteiger partial charge on any atom is 0.255 e. The van der Waals surface area contributed by atoms with Crippen molar-refractivity contribution in [2.75, 3.05) is 11.9 Å². The van der Waals surface area contributed by atoms with Gasteiger partial charge in [0, 0.05) is 5.56 Å². The molecule has 9 heteroatoms. The van der Waals surface area contributed by atoms with Crippen LogP contribution in [0.4, 0.5) is 5.69 Å². The molecule has 4 rings (SSSR count). The standard InChI is InChI=1S/C22H23N5O4/c1-2-3-4-5-13-29-16-11-9-15(10-12-16)22(28)23-17-7-6-8-18-20(17)31-19(14-30-18)21-24-26-27-25-21/h5-13,19H,2-4,14H2,1H3,(H,23,28)(H,24,25,26,27). The Morgan fingerprint density at radius 1 is 1.29 bits per heavy atom. The molecule has 1 atom stereocenters. The summed E-state index contributed by atoms with van der Waals surface area (Å²) in [6.07, 6.45) is 6.44. The molecule has 2 heterocycles. The summed E-state index contributed by atoms with van der Waals surface area (Å²) in [5, 5.41) is 16.5. The van der Waals surface area contributed by atoms with Crippen LogP contribution in [0.5, 0.6) is 17.2 Å². The molecule has 1 unspecified atom stereocenters. The Kier molecular flexibility index (Phi) is 6.41. The van der Waals surface area contributed by atoms with E-state index in [1.54, 1.807) is 48.7 Å². The lowest BCUT2D eigenvalue weighted by Gasteiger charge is -2.26. The largest absolute Gasteiger partial charge is 0.485 e. The normalized spacial score (nSPS) is 15.1. The van der Waals surface area contributed by atoms with Gasteiger partial charge < -0.3 is 19.5 Å². The smallest absolute Gasteiger partial charge is 0.255 e. The van der Waals surface area contributed by atoms with Gasteiger partial charge in [-0.05, 0) is 65.7 Å². The van der Waals surface area contributed by atoms with E-state index in [9.17, 15) is 4.79 Å². The van der Waals surface area contributed by atoms with E-state index in [2.05, 4.69) is 32.9 Å². The molecular weight excluding hydrogens is 398 g/mol. The number of rotatable bonds is 8. The molecule has 0 spiro atoms. The fourth-order valence-electron chi connectivity index (χ4n) is 3.02. The average molecular weight is 421 g/mol. The molecule has 160 valence electrons. The maximum atomic E-state index is 12.8. The molecule has 0 aliphatic carbocycles. The molecule has 1 aliphatic rings. The van der Waals surface area contributed by atoms with Crippen molar-refractivity contribution < 1.29 is 19.0 Å². The summed E-state index contributed by atoms with van der Waals surface area (Å²) < 4.78 is 17.3. The summed E-state index contributed by atoms with van der Waals surface area (Å²) >= 11 is 0. The van der Waals surface area contributed by atoms with Gasteiger partial charge in [-0.3, -0.25) is 4.79 Å². The number of carbonyl (C=O) groups excluding carboxylic acids is 1. The Morgan fingerprint density at radius 2 is 2.16 bits per heavy atom. The number of amides is 1. The molecule has 0 saturated carbocycles. The average Bonchev–Trinajstić information content (AvgIpc) is 3.34. The predicted molar refractivity (Wildman–Crippen MR) is 113 cm³/mol. The second kappa shape index (κ2) is 9.75. The fourth-order valence-corrected chi connectivity index (χ4v) is 3.02. The number of anilines is 1. The van der Waals surface area contributed by atoms with Crippen LogP contribution in [0.25, 0.3) is 0 Å². The first-order chi connectivity index (χ1) is 15.2. The SMILES string of the molecule is CCCCC=COc1ccc(C(=O)Nc2cccc3c2OC(c2nnn[nH]2)CO3)cc1. The number of aromatic amines is 1. The highest BCUT2D eigenvalue weighted by molar-refractivity contribution is 6.05. The minimum atomic E-state index is -0.498. The molecule has 31 heavy (non-hydrogen) atoms. The van der Waals surface area contributed by atoms with E-state index >= 15 is 0 Å². The Bertz CT molecular complexity index is 1030. The third-order valence-electron chi connectivity index (χ3n) is 4.69. The number of hydrogen-bond donors (Lipinski definition) is 2. The van der Waals surface area contributed by atoms with Crippen molar-refractivity contribution in [1.29, 1.82) is 0 Å². The minimum Gasteiger partial charge on any atom is -0.485 e. The highest BCUT2D eigenvalue weighted by atomic mass is 16.6. The van der Waals surface area contributed by atoms with E-state index < -0.39 is 6.10 Å². The highest BCUT2D eigenvalue weighted by Gasteiger charge is 2.28. The summed E-state index contributed by atoms with van der Waals surface area (Å²) in [5.41, 5.74) is 0.992. The number of carbonyl (C=O) groups is 1. The van der Waals surface area contributed by atoms with Crippen LogP contribution in [0.15, 0.2) is 54.8 Å². The Hall–Kier alpha value is -3.88. The molecule has 2 N–H and O–H groups in total. The molecule has 9 nitrogen and oxygen atoms in total. The first-order valence-corrected chi connectivity index (χ1v) is 10.1. The summed E-state index contributed by atoms with van der Waals surface area (Å²) in [6, 6.07) is 12.2. The molecule has 0 saturated heterocycles. The van der Waals surface area contributed by atoms with Crippen molar-refractivity contribution in [2.24, 2.45) is 0 Å². The second-order valence-corrected chi connectivity index (χ2v) is 6.95. The van der Waals surface area contributed by atoms with Gasteiger partial charge in [0.15, 0.2) is 23.4 Å². The predicted octanol–water partition coefficient (Wildman–Crippen LogP) is 4.05. The molecule has 2 aromatic carbocycles. The number of tetrazole rings is 1. The fraction of sp³-hybridized carbons (Fsp3) is 0.273. The van der Waals surface area contributed by atoms with Crippen LogP contribution in [0.2, 0.25) is 0 Å². The third-order valence-corrected chi connectivity index (χ3v) is 4.69. The highest BCUT2D eigenvalue weighted by Crippen LogP contribution is 2.41. The molecule has 1 aromatic heterocycles. The second-order valence-electron chi connectivity index (χ2n) is 6.95. The van der Waals surface area contributed by atoms with Gasteiger partial charge >= 0.3 is 0 Å². The van der Waals surface area contributed by atoms with Gasteiger partial charge in [0.1, 0.15) is 12.4 Å². The number of unbranched alkanes of at least 4 members (excludes halogenated alkanes) is 2. The van der Waals surface area contributed by atoms with E-state index in [0.717, 1.165) is 19.3 Å². The zero-order valence-corrected chi connectivity index (χ0v) is 17.1. The van der Waals surface area contributed by atoms with Crippen LogP contribution in [0.1, 0.15) is 48.5 Å². The molecule has 0 radical (unpaired) electrons. The van der Waals surface area contributed by atoms with Crippen molar-refractivity contribution in [3.05, 3.63) is 66.2 Å². The Morgan fingerprint density at radius 3 is 2.94 bits per heavy atom. The number of aromatic nitrogens is 4. The molecule has 1 aliphatic heterocycles. The van der Waals surface area contributed by atoms with Crippen LogP contribution in [0.3, 0.4) is 0 Å². The van der Waals surface area contributed by atoms with Gasteiger partial charge in [-0.25, -0.2) is 5.10 Å². The first kappa shape index (κ1) is 20.4. The van der Waals surface area contributed by atoms with Crippen LogP contribution in [-0.4, -0.2) is 33.1 Å². The van der Waals surface area contributed by atoms with E-state index in [1.165, 1.54) is 0 Å². The Balaban J connectivity index is 1.42. The lowest BCUT2D eigenvalue weighted by atomic mass is 10.2. The van der Waals surface area contributed by atoms with E-state index in [4.69, 9.17) is 14.2 Å². The zero-order valence-electron chi connectivity index (χ0n) is 17.1. The number of fused-ring (bicyclic) bond motifs is 1. The zero-order chi connectivity index (χ0) is 21.5. The number of benzene rings is 2. The third kappa shape index (κ3) is 5.00. The molecular formula is C22H23N5O4. The van der Waals surface area contributed by atoms with E-state index in [-0.39, 0.29) is 12.5 Å².